The van der Waals surface area contributed by atoms with Crippen molar-refractivity contribution in [2.45, 2.75) is 51.8 Å². The molecular weight excluding hydrogens is 274 g/mol. The normalized spacial score (nSPS) is 22.9. The topological polar surface area (TPSA) is 52.1 Å². The van der Waals surface area contributed by atoms with Crippen molar-refractivity contribution >= 4 is 0 Å². The van der Waals surface area contributed by atoms with Gasteiger partial charge in [-0.25, -0.2) is 0 Å². The molecule has 2 aromatic rings. The number of aliphatic hydroxyl groups excluding tert-OH is 1. The van der Waals surface area contributed by atoms with Crippen LogP contribution >= 0.6 is 0 Å². The van der Waals surface area contributed by atoms with Crippen LogP contribution in [0.1, 0.15) is 35.2 Å². The number of likely N-dealkylation sites (tertiary alicyclic amines) is 1. The predicted molar refractivity (Wildman–Crippen MR) is 87.6 cm³/mol. The molecule has 3 rings (SSSR count). The monoisotopic (exact) mass is 299 g/mol. The molecular formula is C18H25N3O. The number of rotatable bonds is 4. The first kappa shape index (κ1) is 15.3. The van der Waals surface area contributed by atoms with Gasteiger partial charge in [-0.15, -0.1) is 0 Å². The van der Waals surface area contributed by atoms with Gasteiger partial charge in [0, 0.05) is 23.8 Å². The van der Waals surface area contributed by atoms with E-state index < -0.39 is 0 Å². The van der Waals surface area contributed by atoms with Crippen LogP contribution in [-0.4, -0.2) is 38.9 Å². The largest absolute Gasteiger partial charge is 0.391 e. The van der Waals surface area contributed by atoms with Crippen LogP contribution in [0.4, 0.5) is 0 Å². The molecule has 1 fully saturated rings. The number of aromatic nitrogens is 2. The van der Waals surface area contributed by atoms with Gasteiger partial charge in [-0.2, -0.15) is 5.10 Å². The number of aromatic amines is 1. The van der Waals surface area contributed by atoms with Gasteiger partial charge in [-0.1, -0.05) is 29.8 Å². The van der Waals surface area contributed by atoms with Crippen LogP contribution in [0, 0.1) is 13.8 Å². The van der Waals surface area contributed by atoms with E-state index in [-0.39, 0.29) is 12.1 Å². The van der Waals surface area contributed by atoms with Gasteiger partial charge in [0.2, 0.25) is 0 Å². The van der Waals surface area contributed by atoms with E-state index in [2.05, 4.69) is 53.2 Å². The molecule has 1 saturated heterocycles. The molecule has 4 nitrogen and oxygen atoms in total. The summed E-state index contributed by atoms with van der Waals surface area (Å²) >= 11 is 0. The van der Waals surface area contributed by atoms with Crippen LogP contribution in [0.2, 0.25) is 0 Å². The molecule has 4 heteroatoms. The van der Waals surface area contributed by atoms with Crippen LogP contribution in [0.3, 0.4) is 0 Å². The Kier molecular flexibility index (Phi) is 4.60. The molecule has 118 valence electrons. The van der Waals surface area contributed by atoms with Crippen LogP contribution < -0.4 is 0 Å². The minimum absolute atomic E-state index is 0.186. The van der Waals surface area contributed by atoms with Crippen molar-refractivity contribution in [2.75, 3.05) is 6.54 Å². The van der Waals surface area contributed by atoms with Crippen LogP contribution in [0.25, 0.3) is 0 Å². The molecule has 2 N–H and O–H groups in total. The Morgan fingerprint density at radius 1 is 1.27 bits per heavy atom. The molecule has 1 aliphatic rings. The van der Waals surface area contributed by atoms with Crippen LogP contribution in [0.15, 0.2) is 30.5 Å². The number of hydrogen-bond donors (Lipinski definition) is 2. The van der Waals surface area contributed by atoms with Gasteiger partial charge in [0.25, 0.3) is 0 Å². The first-order valence-electron chi connectivity index (χ1n) is 8.10. The highest BCUT2D eigenvalue weighted by Crippen LogP contribution is 2.24. The second kappa shape index (κ2) is 6.63. The third-order valence-electron chi connectivity index (χ3n) is 4.73. The standard InChI is InChI=1S/C18H25N3O/c1-13-5-7-15(8-6-13)10-17-18(22)4-3-9-21(17)12-16-11-19-20-14(16)2/h5-8,11,17-18,22H,3-4,9-10,12H2,1-2H3,(H,19,20)/t17-,18-/m0/s1. The van der Waals surface area contributed by atoms with Gasteiger partial charge >= 0.3 is 0 Å². The highest BCUT2D eigenvalue weighted by molar-refractivity contribution is 5.23. The third kappa shape index (κ3) is 3.39. The summed E-state index contributed by atoms with van der Waals surface area (Å²) < 4.78 is 0. The summed E-state index contributed by atoms with van der Waals surface area (Å²) in [6.45, 7) is 6.05. The highest BCUT2D eigenvalue weighted by atomic mass is 16.3. The molecule has 0 spiro atoms. The molecule has 2 heterocycles. The number of aliphatic hydroxyl groups is 1. The van der Waals surface area contributed by atoms with Crippen molar-refractivity contribution < 1.29 is 5.11 Å². The summed E-state index contributed by atoms with van der Waals surface area (Å²) in [7, 11) is 0. The average Bonchev–Trinajstić information content (AvgIpc) is 2.90. The summed E-state index contributed by atoms with van der Waals surface area (Å²) in [5.41, 5.74) is 4.92. The molecule has 1 aromatic heterocycles. The summed E-state index contributed by atoms with van der Waals surface area (Å²) in [5.74, 6) is 0. The van der Waals surface area contributed by atoms with Gasteiger partial charge in [-0.05, 0) is 45.2 Å². The summed E-state index contributed by atoms with van der Waals surface area (Å²) in [6, 6.07) is 8.84. The zero-order valence-electron chi connectivity index (χ0n) is 13.4. The van der Waals surface area contributed by atoms with Gasteiger partial charge < -0.3 is 5.11 Å². The van der Waals surface area contributed by atoms with E-state index in [0.717, 1.165) is 38.0 Å². The van der Waals surface area contributed by atoms with E-state index in [4.69, 9.17) is 0 Å². The van der Waals surface area contributed by atoms with Crippen LogP contribution in [-0.2, 0) is 13.0 Å². The van der Waals surface area contributed by atoms with Crippen molar-refractivity contribution in [1.29, 1.82) is 0 Å². The minimum Gasteiger partial charge on any atom is -0.391 e. The lowest BCUT2D eigenvalue weighted by atomic mass is 9.92. The lowest BCUT2D eigenvalue weighted by molar-refractivity contribution is 0.00664. The van der Waals surface area contributed by atoms with Crippen LogP contribution in [0.5, 0.6) is 0 Å². The fraction of sp³-hybridized carbons (Fsp3) is 0.500. The SMILES string of the molecule is Cc1ccc(C[C@H]2[C@@H](O)CCCN2Cc2cn[nH]c2C)cc1. The molecule has 1 aliphatic heterocycles. The number of piperidine rings is 1. The van der Waals surface area contributed by atoms with Crippen molar-refractivity contribution in [2.24, 2.45) is 0 Å². The first-order chi connectivity index (χ1) is 10.6. The zero-order valence-corrected chi connectivity index (χ0v) is 13.4. The molecule has 0 aliphatic carbocycles. The van der Waals surface area contributed by atoms with Gasteiger partial charge in [-0.3, -0.25) is 10.00 Å². The van der Waals surface area contributed by atoms with Crippen molar-refractivity contribution in [3.8, 4) is 0 Å². The Bertz CT molecular complexity index is 605. The second-order valence-electron chi connectivity index (χ2n) is 6.46. The molecule has 0 bridgehead atoms. The molecule has 2 atom stereocenters. The molecule has 0 saturated carbocycles. The van der Waals surface area contributed by atoms with E-state index in [1.165, 1.54) is 16.7 Å². The van der Waals surface area contributed by atoms with Gasteiger partial charge in [0.15, 0.2) is 0 Å². The fourth-order valence-corrected chi connectivity index (χ4v) is 3.29. The van der Waals surface area contributed by atoms with E-state index in [1.807, 2.05) is 6.20 Å². The lowest BCUT2D eigenvalue weighted by Crippen LogP contribution is -2.48. The molecule has 0 radical (unpaired) electrons. The Hall–Kier alpha value is -1.65. The summed E-state index contributed by atoms with van der Waals surface area (Å²) in [5, 5.41) is 17.6. The Morgan fingerprint density at radius 3 is 2.73 bits per heavy atom. The Labute approximate surface area is 132 Å². The summed E-state index contributed by atoms with van der Waals surface area (Å²) in [4.78, 5) is 2.41. The van der Waals surface area contributed by atoms with Crippen molar-refractivity contribution in [3.05, 3.63) is 52.8 Å². The maximum Gasteiger partial charge on any atom is 0.0699 e. The molecule has 0 amide bonds. The predicted octanol–water partition coefficient (Wildman–Crippen LogP) is 2.59. The maximum atomic E-state index is 10.5. The van der Waals surface area contributed by atoms with E-state index in [0.29, 0.717) is 0 Å². The van der Waals surface area contributed by atoms with Crippen molar-refractivity contribution in [1.82, 2.24) is 15.1 Å². The highest BCUT2D eigenvalue weighted by Gasteiger charge is 2.30. The fourth-order valence-electron chi connectivity index (χ4n) is 3.29. The maximum absolute atomic E-state index is 10.5. The number of H-pyrrole nitrogens is 1. The second-order valence-corrected chi connectivity index (χ2v) is 6.46. The lowest BCUT2D eigenvalue weighted by Gasteiger charge is -2.39. The Balaban J connectivity index is 1.75. The smallest absolute Gasteiger partial charge is 0.0699 e. The number of hydrogen-bond acceptors (Lipinski definition) is 3. The van der Waals surface area contributed by atoms with E-state index in [9.17, 15) is 5.11 Å². The Morgan fingerprint density at radius 2 is 2.05 bits per heavy atom. The number of benzene rings is 1. The zero-order chi connectivity index (χ0) is 15.5. The molecule has 1 aromatic carbocycles. The third-order valence-corrected chi connectivity index (χ3v) is 4.73. The van der Waals surface area contributed by atoms with E-state index >= 15 is 0 Å². The molecule has 0 unspecified atom stereocenters. The van der Waals surface area contributed by atoms with E-state index in [1.54, 1.807) is 0 Å². The van der Waals surface area contributed by atoms with Crippen molar-refractivity contribution in [3.63, 3.8) is 0 Å². The van der Waals surface area contributed by atoms with Gasteiger partial charge in [0.05, 0.1) is 12.3 Å². The number of nitrogens with one attached hydrogen (secondary N) is 1. The number of aryl methyl sites for hydroxylation is 2. The minimum atomic E-state index is -0.248. The quantitative estimate of drug-likeness (QED) is 0.912. The molecule has 22 heavy (non-hydrogen) atoms. The number of nitrogens with zero attached hydrogens (tertiary/aromatic N) is 2. The van der Waals surface area contributed by atoms with Gasteiger partial charge in [0.1, 0.15) is 0 Å². The first-order valence-corrected chi connectivity index (χ1v) is 8.10. The summed E-state index contributed by atoms with van der Waals surface area (Å²) in [6.07, 6.45) is 4.51. The average molecular weight is 299 g/mol.